The Balaban J connectivity index is 2.70. The quantitative estimate of drug-likeness (QED) is 0.701. The molecule has 0 unspecified atom stereocenters. The van der Waals surface area contributed by atoms with Crippen molar-refractivity contribution in [2.75, 3.05) is 0 Å². The van der Waals surface area contributed by atoms with Crippen molar-refractivity contribution in [1.82, 2.24) is 19.8 Å². The number of aromatic nitrogens is 4. The Labute approximate surface area is 107 Å². The lowest BCUT2D eigenvalue weighted by molar-refractivity contribution is 0.692. The van der Waals surface area contributed by atoms with Crippen LogP contribution >= 0.6 is 38.5 Å². The van der Waals surface area contributed by atoms with Gasteiger partial charge < -0.3 is 0 Å². The van der Waals surface area contributed by atoms with E-state index in [9.17, 15) is 4.79 Å². The molecule has 1 aromatic heterocycles. The van der Waals surface area contributed by atoms with Gasteiger partial charge in [0.1, 0.15) is 0 Å². The summed E-state index contributed by atoms with van der Waals surface area (Å²) in [4.78, 5) is 11.6. The third-order valence-corrected chi connectivity index (χ3v) is 4.42. The molecule has 2 aromatic rings. The molecule has 0 saturated carbocycles. The van der Waals surface area contributed by atoms with E-state index >= 15 is 0 Å². The molecular formula is C8H6BrIN4O. The SMILES string of the molecule is Cn1nnn(-c2cccc(Br)c2I)c1=O. The third kappa shape index (κ3) is 1.85. The molecule has 0 amide bonds. The normalized spacial score (nSPS) is 10.6. The molecular weight excluding hydrogens is 375 g/mol. The van der Waals surface area contributed by atoms with Gasteiger partial charge in [0, 0.05) is 11.5 Å². The summed E-state index contributed by atoms with van der Waals surface area (Å²) in [5.41, 5.74) is 0.467. The number of aryl methyl sites for hydroxylation is 1. The number of nitrogens with zero attached hydrogens (tertiary/aromatic N) is 4. The molecule has 0 aliphatic heterocycles. The highest BCUT2D eigenvalue weighted by atomic mass is 127. The molecule has 15 heavy (non-hydrogen) atoms. The second kappa shape index (κ2) is 4.05. The molecule has 2 rings (SSSR count). The number of tetrazole rings is 1. The van der Waals surface area contributed by atoms with Crippen LogP contribution in [0.15, 0.2) is 27.5 Å². The average molecular weight is 381 g/mol. The fraction of sp³-hybridized carbons (Fsp3) is 0.125. The van der Waals surface area contributed by atoms with Gasteiger partial charge in [-0.25, -0.2) is 4.79 Å². The van der Waals surface area contributed by atoms with E-state index in [-0.39, 0.29) is 5.69 Å². The summed E-state index contributed by atoms with van der Waals surface area (Å²) in [7, 11) is 1.57. The molecule has 0 spiro atoms. The van der Waals surface area contributed by atoms with Crippen molar-refractivity contribution in [1.29, 1.82) is 0 Å². The standard InChI is InChI=1S/C8H6BrIN4O/c1-13-8(15)14(12-11-13)6-4-2-3-5(9)7(6)10/h2-4H,1H3. The lowest BCUT2D eigenvalue weighted by Gasteiger charge is -2.02. The fourth-order valence-corrected chi connectivity index (χ4v) is 2.06. The van der Waals surface area contributed by atoms with Gasteiger partial charge in [0.2, 0.25) is 0 Å². The van der Waals surface area contributed by atoms with Gasteiger partial charge in [0.05, 0.1) is 9.26 Å². The maximum Gasteiger partial charge on any atom is 0.368 e. The van der Waals surface area contributed by atoms with Crippen molar-refractivity contribution in [2.24, 2.45) is 7.05 Å². The van der Waals surface area contributed by atoms with Crippen LogP contribution in [0.2, 0.25) is 0 Å². The van der Waals surface area contributed by atoms with Crippen LogP contribution in [0.5, 0.6) is 0 Å². The number of hydrogen-bond donors (Lipinski definition) is 0. The maximum atomic E-state index is 11.6. The van der Waals surface area contributed by atoms with Crippen LogP contribution in [0.25, 0.3) is 5.69 Å². The lowest BCUT2D eigenvalue weighted by atomic mass is 10.3. The van der Waals surface area contributed by atoms with Gasteiger partial charge in [-0.05, 0) is 61.1 Å². The second-order valence-electron chi connectivity index (χ2n) is 2.87. The van der Waals surface area contributed by atoms with Gasteiger partial charge in [0.15, 0.2) is 0 Å². The molecule has 0 aliphatic carbocycles. The van der Waals surface area contributed by atoms with Crippen LogP contribution < -0.4 is 5.69 Å². The minimum atomic E-state index is -0.258. The number of halogens is 2. The van der Waals surface area contributed by atoms with Crippen LogP contribution in [0.3, 0.4) is 0 Å². The Kier molecular flexibility index (Phi) is 2.91. The highest BCUT2D eigenvalue weighted by Crippen LogP contribution is 2.23. The van der Waals surface area contributed by atoms with Crippen molar-refractivity contribution in [3.63, 3.8) is 0 Å². The zero-order valence-electron chi connectivity index (χ0n) is 7.69. The first-order valence-corrected chi connectivity index (χ1v) is 5.92. The molecule has 0 fully saturated rings. The van der Waals surface area contributed by atoms with Crippen LogP contribution in [0.4, 0.5) is 0 Å². The number of rotatable bonds is 1. The van der Waals surface area contributed by atoms with Crippen molar-refractivity contribution in [3.8, 4) is 5.69 Å². The van der Waals surface area contributed by atoms with Gasteiger partial charge in [-0.2, -0.15) is 9.36 Å². The first-order valence-electron chi connectivity index (χ1n) is 4.04. The van der Waals surface area contributed by atoms with Gasteiger partial charge in [-0.3, -0.25) is 0 Å². The summed E-state index contributed by atoms with van der Waals surface area (Å²) in [6.07, 6.45) is 0. The largest absolute Gasteiger partial charge is 0.368 e. The summed E-state index contributed by atoms with van der Waals surface area (Å²) in [5, 5.41) is 7.44. The van der Waals surface area contributed by atoms with E-state index in [0.29, 0.717) is 0 Å². The number of benzene rings is 1. The summed E-state index contributed by atoms with van der Waals surface area (Å²) in [6.45, 7) is 0. The average Bonchev–Trinajstić information content (AvgIpc) is 2.53. The molecule has 0 bridgehead atoms. The predicted octanol–water partition coefficient (Wildman–Crippen LogP) is 1.33. The third-order valence-electron chi connectivity index (χ3n) is 1.88. The highest BCUT2D eigenvalue weighted by Gasteiger charge is 2.10. The smallest absolute Gasteiger partial charge is 0.244 e. The summed E-state index contributed by atoms with van der Waals surface area (Å²) >= 11 is 5.55. The maximum absolute atomic E-state index is 11.6. The lowest BCUT2D eigenvalue weighted by Crippen LogP contribution is -2.22. The Morgan fingerprint density at radius 2 is 2.13 bits per heavy atom. The van der Waals surface area contributed by atoms with Gasteiger partial charge in [0.25, 0.3) is 0 Å². The fourth-order valence-electron chi connectivity index (χ4n) is 1.12. The van der Waals surface area contributed by atoms with Crippen molar-refractivity contribution < 1.29 is 0 Å². The van der Waals surface area contributed by atoms with E-state index in [1.54, 1.807) is 7.05 Å². The first-order chi connectivity index (χ1) is 7.11. The minimum Gasteiger partial charge on any atom is -0.244 e. The van der Waals surface area contributed by atoms with Crippen LogP contribution in [-0.4, -0.2) is 19.8 Å². The van der Waals surface area contributed by atoms with Crippen LogP contribution in [-0.2, 0) is 7.05 Å². The molecule has 0 saturated heterocycles. The topological polar surface area (TPSA) is 52.7 Å². The highest BCUT2D eigenvalue weighted by molar-refractivity contribution is 14.1. The Hall–Kier alpha value is -0.700. The van der Waals surface area contributed by atoms with E-state index in [0.717, 1.165) is 13.7 Å². The summed E-state index contributed by atoms with van der Waals surface area (Å²) < 4.78 is 4.32. The molecule has 1 heterocycles. The van der Waals surface area contributed by atoms with E-state index < -0.39 is 0 Å². The molecule has 5 nitrogen and oxygen atoms in total. The summed E-state index contributed by atoms with van der Waals surface area (Å²) in [5.74, 6) is 0. The Bertz CT molecular complexity index is 562. The van der Waals surface area contributed by atoms with Gasteiger partial charge >= 0.3 is 5.69 Å². The molecule has 0 radical (unpaired) electrons. The molecule has 0 atom stereocenters. The van der Waals surface area contributed by atoms with E-state index in [2.05, 4.69) is 48.9 Å². The van der Waals surface area contributed by atoms with Gasteiger partial charge in [-0.1, -0.05) is 6.07 Å². The van der Waals surface area contributed by atoms with E-state index in [1.807, 2.05) is 18.2 Å². The van der Waals surface area contributed by atoms with Crippen molar-refractivity contribution >= 4 is 38.5 Å². The monoisotopic (exact) mass is 380 g/mol. The first kappa shape index (κ1) is 10.8. The zero-order chi connectivity index (χ0) is 11.0. The zero-order valence-corrected chi connectivity index (χ0v) is 11.4. The van der Waals surface area contributed by atoms with E-state index in [4.69, 9.17) is 0 Å². The van der Waals surface area contributed by atoms with Crippen molar-refractivity contribution in [2.45, 2.75) is 0 Å². The second-order valence-corrected chi connectivity index (χ2v) is 4.80. The van der Waals surface area contributed by atoms with Crippen LogP contribution in [0.1, 0.15) is 0 Å². The molecule has 1 aromatic carbocycles. The van der Waals surface area contributed by atoms with Gasteiger partial charge in [-0.15, -0.1) is 0 Å². The molecule has 0 N–H and O–H groups in total. The number of hydrogen-bond acceptors (Lipinski definition) is 3. The Morgan fingerprint density at radius 1 is 1.40 bits per heavy atom. The summed E-state index contributed by atoms with van der Waals surface area (Å²) in [6, 6.07) is 5.58. The van der Waals surface area contributed by atoms with Crippen LogP contribution in [0, 0.1) is 3.57 Å². The van der Waals surface area contributed by atoms with E-state index in [1.165, 1.54) is 9.36 Å². The molecule has 0 aliphatic rings. The molecule has 7 heteroatoms. The van der Waals surface area contributed by atoms with Crippen molar-refractivity contribution in [3.05, 3.63) is 36.7 Å². The predicted molar refractivity (Wildman–Crippen MR) is 67.0 cm³/mol. The molecule has 78 valence electrons. The Morgan fingerprint density at radius 3 is 2.73 bits per heavy atom. The minimum absolute atomic E-state index is 0.258.